The van der Waals surface area contributed by atoms with E-state index in [1.807, 2.05) is 0 Å². The maximum absolute atomic E-state index is 11.4. The zero-order valence-corrected chi connectivity index (χ0v) is 14.7. The monoisotopic (exact) mass is 370 g/mol. The number of rotatable bonds is 6. The molecule has 1 fully saturated rings. The van der Waals surface area contributed by atoms with Crippen LogP contribution in [0.25, 0.3) is 11.5 Å². The van der Waals surface area contributed by atoms with Crippen molar-refractivity contribution in [3.8, 4) is 23.0 Å². The summed E-state index contributed by atoms with van der Waals surface area (Å²) in [5, 5.41) is 15.3. The van der Waals surface area contributed by atoms with E-state index in [-0.39, 0.29) is 35.3 Å². The molecule has 0 aliphatic heterocycles. The molecule has 0 unspecified atom stereocenters. The molecule has 0 radical (unpaired) electrons. The van der Waals surface area contributed by atoms with Crippen LogP contribution in [-0.4, -0.2) is 28.8 Å². The Morgan fingerprint density at radius 3 is 2.64 bits per heavy atom. The fraction of sp³-hybridized carbons (Fsp3) is 0.467. The fourth-order valence-electron chi connectivity index (χ4n) is 2.62. The minimum atomic E-state index is -0.605. The first kappa shape index (κ1) is 18.9. The molecule has 25 heavy (non-hydrogen) atoms. The molecule has 1 aromatic carbocycles. The molecule has 0 amide bonds. The fourth-order valence-corrected chi connectivity index (χ4v) is 2.62. The SMILES string of the molecule is CCOc1cc([N+](=O)[O-])c(-c2nc(C3(N)CCC3)no2)cc1OC.Cl. The summed E-state index contributed by atoms with van der Waals surface area (Å²) in [6.07, 6.45) is 2.53. The molecule has 10 heteroatoms. The van der Waals surface area contributed by atoms with Gasteiger partial charge in [-0.05, 0) is 26.2 Å². The maximum atomic E-state index is 11.4. The molecule has 0 saturated heterocycles. The lowest BCUT2D eigenvalue weighted by atomic mass is 9.77. The summed E-state index contributed by atoms with van der Waals surface area (Å²) in [7, 11) is 1.45. The minimum absolute atomic E-state index is 0. The summed E-state index contributed by atoms with van der Waals surface area (Å²) in [6.45, 7) is 2.13. The minimum Gasteiger partial charge on any atom is -0.493 e. The third-order valence-electron chi connectivity index (χ3n) is 4.13. The number of nitro benzene ring substituents is 1. The lowest BCUT2D eigenvalue weighted by molar-refractivity contribution is -0.384. The number of hydrogen-bond acceptors (Lipinski definition) is 8. The third-order valence-corrected chi connectivity index (χ3v) is 4.13. The molecule has 1 aliphatic carbocycles. The van der Waals surface area contributed by atoms with Crippen molar-refractivity contribution in [2.75, 3.05) is 13.7 Å². The lowest BCUT2D eigenvalue weighted by Crippen LogP contribution is -2.44. The van der Waals surface area contributed by atoms with Gasteiger partial charge in [-0.3, -0.25) is 10.1 Å². The largest absolute Gasteiger partial charge is 0.493 e. The van der Waals surface area contributed by atoms with Gasteiger partial charge in [0.15, 0.2) is 17.3 Å². The number of hydrogen-bond donors (Lipinski definition) is 1. The van der Waals surface area contributed by atoms with E-state index in [4.69, 9.17) is 19.7 Å². The smallest absolute Gasteiger partial charge is 0.286 e. The zero-order valence-electron chi connectivity index (χ0n) is 13.9. The van der Waals surface area contributed by atoms with Gasteiger partial charge >= 0.3 is 0 Å². The van der Waals surface area contributed by atoms with Crippen LogP contribution in [0.2, 0.25) is 0 Å². The van der Waals surface area contributed by atoms with E-state index in [0.717, 1.165) is 19.3 Å². The summed E-state index contributed by atoms with van der Waals surface area (Å²) >= 11 is 0. The highest BCUT2D eigenvalue weighted by Gasteiger charge is 2.39. The van der Waals surface area contributed by atoms with Crippen molar-refractivity contribution in [2.24, 2.45) is 5.73 Å². The summed E-state index contributed by atoms with van der Waals surface area (Å²) in [5.74, 6) is 1.04. The highest BCUT2D eigenvalue weighted by atomic mass is 35.5. The number of nitrogens with zero attached hydrogens (tertiary/aromatic N) is 3. The predicted octanol–water partition coefficient (Wildman–Crippen LogP) is 2.81. The van der Waals surface area contributed by atoms with E-state index in [1.54, 1.807) is 6.92 Å². The third kappa shape index (κ3) is 3.38. The topological polar surface area (TPSA) is 127 Å². The molecule has 0 bridgehead atoms. The second kappa shape index (κ2) is 7.24. The second-order valence-electron chi connectivity index (χ2n) is 5.64. The maximum Gasteiger partial charge on any atom is 0.286 e. The van der Waals surface area contributed by atoms with E-state index in [1.165, 1.54) is 19.2 Å². The molecule has 1 saturated carbocycles. The summed E-state index contributed by atoms with van der Waals surface area (Å²) in [6, 6.07) is 2.76. The average molecular weight is 371 g/mol. The standard InChI is InChI=1S/C15H18N4O5.ClH/c1-3-23-12-8-10(19(20)21)9(7-11(12)22-2)13-17-14(18-24-13)15(16)5-4-6-15;/h7-8H,3-6,16H2,1-2H3;1H. The Bertz CT molecular complexity index is 775. The lowest BCUT2D eigenvalue weighted by Gasteiger charge is -2.34. The van der Waals surface area contributed by atoms with Gasteiger partial charge in [0.1, 0.15) is 5.56 Å². The quantitative estimate of drug-likeness (QED) is 0.607. The number of nitro groups is 1. The van der Waals surface area contributed by atoms with Gasteiger partial charge in [-0.1, -0.05) is 5.16 Å². The second-order valence-corrected chi connectivity index (χ2v) is 5.64. The average Bonchev–Trinajstić information content (AvgIpc) is 3.02. The van der Waals surface area contributed by atoms with Gasteiger partial charge in [-0.25, -0.2) is 0 Å². The first-order valence-electron chi connectivity index (χ1n) is 7.61. The van der Waals surface area contributed by atoms with Crippen LogP contribution in [0.1, 0.15) is 32.0 Å². The van der Waals surface area contributed by atoms with Gasteiger partial charge in [-0.15, -0.1) is 12.4 Å². The predicted molar refractivity (Wildman–Crippen MR) is 91.1 cm³/mol. The van der Waals surface area contributed by atoms with Gasteiger partial charge < -0.3 is 19.7 Å². The molecule has 1 aromatic heterocycles. The van der Waals surface area contributed by atoms with Gasteiger partial charge in [0.25, 0.3) is 11.6 Å². The number of halogens is 1. The molecular formula is C15H19ClN4O5. The number of methoxy groups -OCH3 is 1. The summed E-state index contributed by atoms with van der Waals surface area (Å²) < 4.78 is 15.8. The van der Waals surface area contributed by atoms with E-state index in [2.05, 4.69) is 10.1 Å². The Hall–Kier alpha value is -2.39. The van der Waals surface area contributed by atoms with Crippen LogP contribution in [0, 0.1) is 10.1 Å². The van der Waals surface area contributed by atoms with Crippen LogP contribution in [0.4, 0.5) is 5.69 Å². The van der Waals surface area contributed by atoms with Crippen molar-refractivity contribution >= 4 is 18.1 Å². The molecule has 1 heterocycles. The van der Waals surface area contributed by atoms with Crippen LogP contribution in [-0.2, 0) is 5.54 Å². The van der Waals surface area contributed by atoms with Crippen LogP contribution in [0.15, 0.2) is 16.7 Å². The summed E-state index contributed by atoms with van der Waals surface area (Å²) in [4.78, 5) is 15.2. The van der Waals surface area contributed by atoms with Crippen molar-refractivity contribution in [3.63, 3.8) is 0 Å². The van der Waals surface area contributed by atoms with Crippen molar-refractivity contribution in [1.29, 1.82) is 0 Å². The number of aromatic nitrogens is 2. The molecule has 2 N–H and O–H groups in total. The first-order chi connectivity index (χ1) is 11.5. The van der Waals surface area contributed by atoms with Crippen LogP contribution in [0.5, 0.6) is 11.5 Å². The molecule has 3 rings (SSSR count). The summed E-state index contributed by atoms with van der Waals surface area (Å²) in [5.41, 5.74) is 5.53. The number of nitrogens with two attached hydrogens (primary N) is 1. The van der Waals surface area contributed by atoms with Crippen molar-refractivity contribution in [3.05, 3.63) is 28.1 Å². The molecule has 0 atom stereocenters. The van der Waals surface area contributed by atoms with Gasteiger partial charge in [0, 0.05) is 6.07 Å². The normalized spacial score (nSPS) is 15.0. The number of ether oxygens (including phenoxy) is 2. The van der Waals surface area contributed by atoms with Crippen molar-refractivity contribution < 1.29 is 18.9 Å². The molecule has 136 valence electrons. The van der Waals surface area contributed by atoms with Crippen molar-refractivity contribution in [1.82, 2.24) is 10.1 Å². The van der Waals surface area contributed by atoms with E-state index < -0.39 is 10.5 Å². The van der Waals surface area contributed by atoms with Gasteiger partial charge in [-0.2, -0.15) is 4.98 Å². The molecular weight excluding hydrogens is 352 g/mol. The Morgan fingerprint density at radius 1 is 1.40 bits per heavy atom. The molecule has 1 aliphatic rings. The van der Waals surface area contributed by atoms with Gasteiger partial charge in [0.05, 0.1) is 30.2 Å². The number of benzene rings is 1. The highest BCUT2D eigenvalue weighted by molar-refractivity contribution is 5.85. The zero-order chi connectivity index (χ0) is 17.3. The Labute approximate surface area is 150 Å². The van der Waals surface area contributed by atoms with E-state index >= 15 is 0 Å². The van der Waals surface area contributed by atoms with Gasteiger partial charge in [0.2, 0.25) is 0 Å². The van der Waals surface area contributed by atoms with E-state index in [9.17, 15) is 10.1 Å². The Morgan fingerprint density at radius 2 is 2.12 bits per heavy atom. The molecule has 2 aromatic rings. The van der Waals surface area contributed by atoms with Crippen molar-refractivity contribution in [2.45, 2.75) is 31.7 Å². The first-order valence-corrected chi connectivity index (χ1v) is 7.61. The molecule has 9 nitrogen and oxygen atoms in total. The Kier molecular flexibility index (Phi) is 5.48. The van der Waals surface area contributed by atoms with Crippen LogP contribution < -0.4 is 15.2 Å². The molecule has 0 spiro atoms. The highest BCUT2D eigenvalue weighted by Crippen LogP contribution is 2.41. The Balaban J connectivity index is 0.00000225. The van der Waals surface area contributed by atoms with E-state index in [0.29, 0.717) is 18.2 Å². The van der Waals surface area contributed by atoms with Crippen LogP contribution in [0.3, 0.4) is 0 Å². The van der Waals surface area contributed by atoms with Crippen LogP contribution >= 0.6 is 12.4 Å².